The van der Waals surface area contributed by atoms with Crippen molar-refractivity contribution in [2.24, 2.45) is 5.92 Å². The minimum Gasteiger partial charge on any atom is -0.381 e. The van der Waals surface area contributed by atoms with Crippen LogP contribution in [0.4, 0.5) is 5.82 Å². The molecule has 18 heavy (non-hydrogen) atoms. The van der Waals surface area contributed by atoms with E-state index in [1.54, 1.807) is 25.4 Å². The lowest BCUT2D eigenvalue weighted by molar-refractivity contribution is 0.0951. The largest absolute Gasteiger partial charge is 0.381 e. The Hall–Kier alpha value is -1.62. The van der Waals surface area contributed by atoms with E-state index < -0.39 is 0 Å². The average molecular weight is 249 g/mol. The Morgan fingerprint density at radius 2 is 2.50 bits per heavy atom. The Bertz CT molecular complexity index is 403. The number of rotatable bonds is 5. The van der Waals surface area contributed by atoms with E-state index in [-0.39, 0.29) is 5.91 Å². The minimum absolute atomic E-state index is 0.0774. The Kier molecular flexibility index (Phi) is 4.52. The quantitative estimate of drug-likeness (QED) is 0.825. The number of amides is 1. The van der Waals surface area contributed by atoms with Crippen LogP contribution in [0.25, 0.3) is 0 Å². The first-order valence-corrected chi connectivity index (χ1v) is 6.30. The highest BCUT2D eigenvalue weighted by molar-refractivity contribution is 5.98. The average Bonchev–Trinajstić information content (AvgIpc) is 2.91. The number of carbonyl (C=O) groups excluding carboxylic acids is 1. The first-order valence-electron chi connectivity index (χ1n) is 6.30. The molecule has 1 aromatic rings. The molecule has 1 aliphatic heterocycles. The highest BCUT2D eigenvalue weighted by Gasteiger charge is 2.16. The van der Waals surface area contributed by atoms with Crippen LogP contribution >= 0.6 is 0 Å². The lowest BCUT2D eigenvalue weighted by atomic mass is 10.1. The van der Waals surface area contributed by atoms with Crippen molar-refractivity contribution in [3.63, 3.8) is 0 Å². The van der Waals surface area contributed by atoms with Gasteiger partial charge in [0.15, 0.2) is 0 Å². The van der Waals surface area contributed by atoms with Gasteiger partial charge in [-0.3, -0.25) is 4.79 Å². The molecule has 5 heteroatoms. The molecule has 2 N–H and O–H groups in total. The Labute approximate surface area is 107 Å². The molecular formula is C13H19N3O2. The number of aromatic nitrogens is 1. The van der Waals surface area contributed by atoms with Crippen LogP contribution in [0, 0.1) is 5.92 Å². The first kappa shape index (κ1) is 12.8. The van der Waals surface area contributed by atoms with Gasteiger partial charge in [0.25, 0.3) is 5.91 Å². The van der Waals surface area contributed by atoms with Crippen LogP contribution in [0.2, 0.25) is 0 Å². The molecule has 1 saturated heterocycles. The molecule has 1 unspecified atom stereocenters. The highest BCUT2D eigenvalue weighted by atomic mass is 16.5. The lowest BCUT2D eigenvalue weighted by Gasteiger charge is -2.10. The molecule has 2 heterocycles. The number of carbonyl (C=O) groups is 1. The Morgan fingerprint density at radius 1 is 1.61 bits per heavy atom. The highest BCUT2D eigenvalue weighted by Crippen LogP contribution is 2.15. The molecule has 2 rings (SSSR count). The van der Waals surface area contributed by atoms with Crippen molar-refractivity contribution in [3.05, 3.63) is 23.9 Å². The van der Waals surface area contributed by atoms with Crippen molar-refractivity contribution in [1.29, 1.82) is 0 Å². The normalized spacial score (nSPS) is 18.6. The summed E-state index contributed by atoms with van der Waals surface area (Å²) in [7, 11) is 1.76. The van der Waals surface area contributed by atoms with E-state index in [0.29, 0.717) is 23.8 Å². The summed E-state index contributed by atoms with van der Waals surface area (Å²) in [5.41, 5.74) is 0.586. The second-order valence-electron chi connectivity index (χ2n) is 4.42. The molecule has 5 nitrogen and oxygen atoms in total. The molecule has 0 aromatic carbocycles. The summed E-state index contributed by atoms with van der Waals surface area (Å²) in [6, 6.07) is 3.54. The molecule has 0 saturated carbocycles. The fourth-order valence-corrected chi connectivity index (χ4v) is 2.08. The SMILES string of the molecule is CNc1ncccc1C(=O)NCCC1CCOC1. The van der Waals surface area contributed by atoms with Crippen molar-refractivity contribution >= 4 is 11.7 Å². The maximum atomic E-state index is 12.0. The molecular weight excluding hydrogens is 230 g/mol. The van der Waals surface area contributed by atoms with Crippen molar-refractivity contribution in [1.82, 2.24) is 10.3 Å². The smallest absolute Gasteiger partial charge is 0.255 e. The number of ether oxygens (including phenoxy) is 1. The molecule has 98 valence electrons. The Morgan fingerprint density at radius 3 is 3.22 bits per heavy atom. The van der Waals surface area contributed by atoms with Crippen LogP contribution in [-0.4, -0.2) is 37.7 Å². The number of hydrogen-bond donors (Lipinski definition) is 2. The zero-order valence-corrected chi connectivity index (χ0v) is 10.6. The van der Waals surface area contributed by atoms with Gasteiger partial charge in [-0.2, -0.15) is 0 Å². The van der Waals surface area contributed by atoms with E-state index in [9.17, 15) is 4.79 Å². The second-order valence-corrected chi connectivity index (χ2v) is 4.42. The zero-order valence-electron chi connectivity index (χ0n) is 10.6. The fourth-order valence-electron chi connectivity index (χ4n) is 2.08. The van der Waals surface area contributed by atoms with E-state index in [4.69, 9.17) is 4.74 Å². The molecule has 0 radical (unpaired) electrons. The molecule has 1 aliphatic rings. The van der Waals surface area contributed by atoms with Gasteiger partial charge in [0, 0.05) is 33.0 Å². The van der Waals surface area contributed by atoms with Gasteiger partial charge in [-0.05, 0) is 30.9 Å². The predicted molar refractivity (Wildman–Crippen MR) is 69.7 cm³/mol. The number of pyridine rings is 1. The van der Waals surface area contributed by atoms with Crippen molar-refractivity contribution < 1.29 is 9.53 Å². The van der Waals surface area contributed by atoms with E-state index in [2.05, 4.69) is 15.6 Å². The predicted octanol–water partition coefficient (Wildman–Crippen LogP) is 1.28. The van der Waals surface area contributed by atoms with Gasteiger partial charge in [0.2, 0.25) is 0 Å². The van der Waals surface area contributed by atoms with Crippen LogP contribution in [0.3, 0.4) is 0 Å². The molecule has 1 fully saturated rings. The summed E-state index contributed by atoms with van der Waals surface area (Å²) >= 11 is 0. The van der Waals surface area contributed by atoms with Crippen LogP contribution in [0.15, 0.2) is 18.3 Å². The third kappa shape index (κ3) is 3.20. The van der Waals surface area contributed by atoms with E-state index in [1.165, 1.54) is 0 Å². The van der Waals surface area contributed by atoms with Gasteiger partial charge in [-0.15, -0.1) is 0 Å². The molecule has 0 spiro atoms. The summed E-state index contributed by atoms with van der Waals surface area (Å²) in [5, 5.41) is 5.84. The van der Waals surface area contributed by atoms with Gasteiger partial charge < -0.3 is 15.4 Å². The van der Waals surface area contributed by atoms with E-state index >= 15 is 0 Å². The van der Waals surface area contributed by atoms with Crippen LogP contribution < -0.4 is 10.6 Å². The van der Waals surface area contributed by atoms with Crippen LogP contribution in [-0.2, 0) is 4.74 Å². The van der Waals surface area contributed by atoms with Crippen LogP contribution in [0.5, 0.6) is 0 Å². The van der Waals surface area contributed by atoms with Gasteiger partial charge in [-0.25, -0.2) is 4.98 Å². The van der Waals surface area contributed by atoms with E-state index in [1.807, 2.05) is 0 Å². The van der Waals surface area contributed by atoms with Crippen molar-refractivity contribution in [3.8, 4) is 0 Å². The maximum Gasteiger partial charge on any atom is 0.255 e. The molecule has 1 atom stereocenters. The third-order valence-corrected chi connectivity index (χ3v) is 3.15. The van der Waals surface area contributed by atoms with Crippen LogP contribution in [0.1, 0.15) is 23.2 Å². The van der Waals surface area contributed by atoms with Gasteiger partial charge >= 0.3 is 0 Å². The topological polar surface area (TPSA) is 63.2 Å². The Balaban J connectivity index is 1.83. The zero-order chi connectivity index (χ0) is 12.8. The van der Waals surface area contributed by atoms with Crippen molar-refractivity contribution in [2.45, 2.75) is 12.8 Å². The van der Waals surface area contributed by atoms with E-state index in [0.717, 1.165) is 26.1 Å². The lowest BCUT2D eigenvalue weighted by Crippen LogP contribution is -2.27. The minimum atomic E-state index is -0.0774. The van der Waals surface area contributed by atoms with Crippen molar-refractivity contribution in [2.75, 3.05) is 32.1 Å². The van der Waals surface area contributed by atoms with Gasteiger partial charge in [-0.1, -0.05) is 0 Å². The fraction of sp³-hybridized carbons (Fsp3) is 0.538. The summed E-state index contributed by atoms with van der Waals surface area (Å²) < 4.78 is 5.30. The first-order chi connectivity index (χ1) is 8.81. The molecule has 1 aromatic heterocycles. The standard InChI is InChI=1S/C13H19N3O2/c1-14-12-11(3-2-6-15-12)13(17)16-7-4-10-5-8-18-9-10/h2-3,6,10H,4-5,7-9H2,1H3,(H,14,15)(H,16,17). The summed E-state index contributed by atoms with van der Waals surface area (Å²) in [5.74, 6) is 1.12. The second kappa shape index (κ2) is 6.35. The maximum absolute atomic E-state index is 12.0. The number of nitrogens with one attached hydrogen (secondary N) is 2. The summed E-state index contributed by atoms with van der Waals surface area (Å²) in [6.45, 7) is 2.36. The monoisotopic (exact) mass is 249 g/mol. The number of anilines is 1. The summed E-state index contributed by atoms with van der Waals surface area (Å²) in [4.78, 5) is 16.1. The molecule has 1 amide bonds. The summed E-state index contributed by atoms with van der Waals surface area (Å²) in [6.07, 6.45) is 3.74. The number of hydrogen-bond acceptors (Lipinski definition) is 4. The molecule has 0 bridgehead atoms. The molecule has 0 aliphatic carbocycles. The third-order valence-electron chi connectivity index (χ3n) is 3.15. The number of nitrogens with zero attached hydrogens (tertiary/aromatic N) is 1. The van der Waals surface area contributed by atoms with Gasteiger partial charge in [0.05, 0.1) is 5.56 Å². The van der Waals surface area contributed by atoms with Gasteiger partial charge in [0.1, 0.15) is 5.82 Å².